The molecule has 0 saturated carbocycles. The first-order valence-corrected chi connectivity index (χ1v) is 4.29. The standard InChI is InChI=1S/C8H16N2O2/c1-10(2)8(11)12-7-3-5-9-6-4-7/h7,9H,3-6H2,1-2H3. The number of amides is 1. The Morgan fingerprint density at radius 2 is 2.00 bits per heavy atom. The fourth-order valence-corrected chi connectivity index (χ4v) is 1.16. The highest BCUT2D eigenvalue weighted by molar-refractivity contribution is 5.66. The predicted molar refractivity (Wildman–Crippen MR) is 46.1 cm³/mol. The van der Waals surface area contributed by atoms with E-state index in [1.165, 1.54) is 4.90 Å². The maximum atomic E-state index is 11.1. The first-order valence-electron chi connectivity index (χ1n) is 4.29. The van der Waals surface area contributed by atoms with E-state index in [4.69, 9.17) is 4.74 Å². The second-order valence-corrected chi connectivity index (χ2v) is 3.23. The number of piperidine rings is 1. The van der Waals surface area contributed by atoms with Crippen LogP contribution in [-0.2, 0) is 4.74 Å². The molecule has 4 nitrogen and oxygen atoms in total. The molecule has 0 aromatic carbocycles. The second-order valence-electron chi connectivity index (χ2n) is 3.23. The second kappa shape index (κ2) is 4.30. The molecule has 1 fully saturated rings. The Hall–Kier alpha value is -0.770. The molecule has 1 aliphatic rings. The quantitative estimate of drug-likeness (QED) is 0.624. The van der Waals surface area contributed by atoms with E-state index in [9.17, 15) is 4.79 Å². The van der Waals surface area contributed by atoms with Crippen molar-refractivity contribution in [3.63, 3.8) is 0 Å². The number of hydrogen-bond acceptors (Lipinski definition) is 3. The summed E-state index contributed by atoms with van der Waals surface area (Å²) in [6.45, 7) is 1.90. The third-order valence-electron chi connectivity index (χ3n) is 1.92. The van der Waals surface area contributed by atoms with Gasteiger partial charge in [0.1, 0.15) is 6.10 Å². The highest BCUT2D eigenvalue weighted by Crippen LogP contribution is 2.07. The Bertz CT molecular complexity index is 153. The van der Waals surface area contributed by atoms with Crippen molar-refractivity contribution in [3.05, 3.63) is 0 Å². The highest BCUT2D eigenvalue weighted by Gasteiger charge is 2.17. The molecular formula is C8H16N2O2. The van der Waals surface area contributed by atoms with E-state index in [1.54, 1.807) is 14.1 Å². The van der Waals surface area contributed by atoms with Crippen LogP contribution in [0.4, 0.5) is 4.79 Å². The largest absolute Gasteiger partial charge is 0.446 e. The summed E-state index contributed by atoms with van der Waals surface area (Å²) in [4.78, 5) is 12.6. The first kappa shape index (κ1) is 9.32. The third-order valence-corrected chi connectivity index (χ3v) is 1.92. The molecule has 0 spiro atoms. The summed E-state index contributed by atoms with van der Waals surface area (Å²) in [5, 5.41) is 3.21. The number of ether oxygens (including phenoxy) is 1. The molecule has 1 aliphatic heterocycles. The third kappa shape index (κ3) is 2.70. The van der Waals surface area contributed by atoms with Gasteiger partial charge in [0.15, 0.2) is 0 Å². The normalized spacial score (nSPS) is 18.8. The average Bonchev–Trinajstić information content (AvgIpc) is 2.06. The van der Waals surface area contributed by atoms with Gasteiger partial charge in [-0.1, -0.05) is 0 Å². The summed E-state index contributed by atoms with van der Waals surface area (Å²) in [6, 6.07) is 0. The lowest BCUT2D eigenvalue weighted by molar-refractivity contribution is 0.0594. The number of nitrogens with zero attached hydrogens (tertiary/aromatic N) is 1. The monoisotopic (exact) mass is 172 g/mol. The van der Waals surface area contributed by atoms with Gasteiger partial charge in [0, 0.05) is 14.1 Å². The van der Waals surface area contributed by atoms with Crippen molar-refractivity contribution in [2.24, 2.45) is 0 Å². The summed E-state index contributed by atoms with van der Waals surface area (Å²) in [7, 11) is 3.40. The minimum Gasteiger partial charge on any atom is -0.446 e. The molecule has 0 unspecified atom stereocenters. The van der Waals surface area contributed by atoms with E-state index in [2.05, 4.69) is 5.32 Å². The van der Waals surface area contributed by atoms with Gasteiger partial charge < -0.3 is 15.0 Å². The topological polar surface area (TPSA) is 41.6 Å². The molecule has 1 rings (SSSR count). The van der Waals surface area contributed by atoms with Crippen LogP contribution >= 0.6 is 0 Å². The molecule has 0 aromatic heterocycles. The zero-order valence-electron chi connectivity index (χ0n) is 7.67. The first-order chi connectivity index (χ1) is 5.70. The molecule has 0 aromatic rings. The van der Waals surface area contributed by atoms with Crippen molar-refractivity contribution in [1.82, 2.24) is 10.2 Å². The van der Waals surface area contributed by atoms with Gasteiger partial charge in [0.2, 0.25) is 0 Å². The van der Waals surface area contributed by atoms with E-state index in [0.717, 1.165) is 25.9 Å². The number of rotatable bonds is 1. The van der Waals surface area contributed by atoms with E-state index in [1.807, 2.05) is 0 Å². The maximum absolute atomic E-state index is 11.1. The van der Waals surface area contributed by atoms with Crippen LogP contribution in [0.1, 0.15) is 12.8 Å². The van der Waals surface area contributed by atoms with Crippen LogP contribution in [0.3, 0.4) is 0 Å². The van der Waals surface area contributed by atoms with Crippen LogP contribution in [0.25, 0.3) is 0 Å². The summed E-state index contributed by atoms with van der Waals surface area (Å²) in [5.74, 6) is 0. The molecule has 12 heavy (non-hydrogen) atoms. The van der Waals surface area contributed by atoms with Gasteiger partial charge in [-0.25, -0.2) is 4.79 Å². The Kier molecular flexibility index (Phi) is 3.34. The minimum atomic E-state index is -0.234. The summed E-state index contributed by atoms with van der Waals surface area (Å²) in [5.41, 5.74) is 0. The summed E-state index contributed by atoms with van der Waals surface area (Å²) >= 11 is 0. The van der Waals surface area contributed by atoms with Crippen molar-refractivity contribution >= 4 is 6.09 Å². The molecule has 1 amide bonds. The minimum absolute atomic E-state index is 0.112. The zero-order chi connectivity index (χ0) is 8.97. The molecule has 1 heterocycles. The van der Waals surface area contributed by atoms with Crippen LogP contribution in [-0.4, -0.2) is 44.3 Å². The van der Waals surface area contributed by atoms with Crippen LogP contribution in [0.15, 0.2) is 0 Å². The SMILES string of the molecule is CN(C)C(=O)OC1CCNCC1. The van der Waals surface area contributed by atoms with Gasteiger partial charge in [-0.2, -0.15) is 0 Å². The molecule has 70 valence electrons. The molecule has 1 N–H and O–H groups in total. The molecule has 0 radical (unpaired) electrons. The Morgan fingerprint density at radius 1 is 1.42 bits per heavy atom. The fourth-order valence-electron chi connectivity index (χ4n) is 1.16. The number of carbonyl (C=O) groups excluding carboxylic acids is 1. The fraction of sp³-hybridized carbons (Fsp3) is 0.875. The van der Waals surface area contributed by atoms with E-state index in [-0.39, 0.29) is 12.2 Å². The maximum Gasteiger partial charge on any atom is 0.409 e. The number of carbonyl (C=O) groups is 1. The van der Waals surface area contributed by atoms with Crippen LogP contribution in [0.2, 0.25) is 0 Å². The molecule has 0 atom stereocenters. The van der Waals surface area contributed by atoms with Crippen molar-refractivity contribution < 1.29 is 9.53 Å². The highest BCUT2D eigenvalue weighted by atomic mass is 16.6. The molecular weight excluding hydrogens is 156 g/mol. The van der Waals surface area contributed by atoms with Gasteiger partial charge in [-0.3, -0.25) is 0 Å². The van der Waals surface area contributed by atoms with Crippen LogP contribution in [0, 0.1) is 0 Å². The van der Waals surface area contributed by atoms with Crippen LogP contribution in [0.5, 0.6) is 0 Å². The van der Waals surface area contributed by atoms with Crippen molar-refractivity contribution in [2.45, 2.75) is 18.9 Å². The zero-order valence-corrected chi connectivity index (χ0v) is 7.67. The molecule has 4 heteroatoms. The van der Waals surface area contributed by atoms with Gasteiger partial charge in [0.05, 0.1) is 0 Å². The van der Waals surface area contributed by atoms with E-state index in [0.29, 0.717) is 0 Å². The molecule has 0 bridgehead atoms. The van der Waals surface area contributed by atoms with Crippen molar-refractivity contribution in [3.8, 4) is 0 Å². The lowest BCUT2D eigenvalue weighted by atomic mass is 10.1. The lowest BCUT2D eigenvalue weighted by Gasteiger charge is -2.24. The molecule has 0 aliphatic carbocycles. The summed E-state index contributed by atoms with van der Waals surface area (Å²) < 4.78 is 5.20. The van der Waals surface area contributed by atoms with Gasteiger partial charge in [0.25, 0.3) is 0 Å². The van der Waals surface area contributed by atoms with E-state index >= 15 is 0 Å². The Balaban J connectivity index is 2.24. The van der Waals surface area contributed by atoms with Gasteiger partial charge in [-0.05, 0) is 25.9 Å². The Morgan fingerprint density at radius 3 is 2.50 bits per heavy atom. The van der Waals surface area contributed by atoms with Crippen molar-refractivity contribution in [1.29, 1.82) is 0 Å². The Labute approximate surface area is 72.9 Å². The van der Waals surface area contributed by atoms with Gasteiger partial charge in [-0.15, -0.1) is 0 Å². The number of nitrogens with one attached hydrogen (secondary N) is 1. The predicted octanol–water partition coefficient (Wildman–Crippen LogP) is 0.437. The molecule has 1 saturated heterocycles. The summed E-state index contributed by atoms with van der Waals surface area (Å²) in [6.07, 6.45) is 1.74. The van der Waals surface area contributed by atoms with Crippen molar-refractivity contribution in [2.75, 3.05) is 27.2 Å². The smallest absolute Gasteiger partial charge is 0.409 e. The van der Waals surface area contributed by atoms with Gasteiger partial charge >= 0.3 is 6.09 Å². The van der Waals surface area contributed by atoms with E-state index < -0.39 is 0 Å². The number of hydrogen-bond donors (Lipinski definition) is 1. The lowest BCUT2D eigenvalue weighted by Crippen LogP contribution is -2.36. The average molecular weight is 172 g/mol. The van der Waals surface area contributed by atoms with Crippen LogP contribution < -0.4 is 5.32 Å².